The van der Waals surface area contributed by atoms with E-state index in [2.05, 4.69) is 15.5 Å². The summed E-state index contributed by atoms with van der Waals surface area (Å²) in [6.07, 6.45) is 1.48. The summed E-state index contributed by atoms with van der Waals surface area (Å²) in [5, 5.41) is 4.00. The quantitative estimate of drug-likeness (QED) is 0.114. The number of thioether (sulfide) groups is 1. The molecule has 8 nitrogen and oxygen atoms in total. The van der Waals surface area contributed by atoms with Crippen LogP contribution in [0.2, 0.25) is 0 Å². The van der Waals surface area contributed by atoms with Crippen LogP contribution in [-0.4, -0.2) is 43.0 Å². The standard InChI is InChI=1S/C25H21N3O5S2/c1-31-18-10-8-17(9-11-18)24(30)33-20-12-7-16(13-21(20)32-2)14-26-28-23(29)15-34-25-27-19-5-3-4-6-22(19)35-25/h3-14H,15H2,1-2H3,(H,28,29)/b26-14-. The lowest BCUT2D eigenvalue weighted by molar-refractivity contribution is -0.118. The molecule has 0 aliphatic carbocycles. The Morgan fingerprint density at radius 3 is 2.57 bits per heavy atom. The van der Waals surface area contributed by atoms with E-state index in [1.807, 2.05) is 24.3 Å². The summed E-state index contributed by atoms with van der Waals surface area (Å²) in [5.74, 6) is 0.689. The number of hydrogen-bond acceptors (Lipinski definition) is 9. The van der Waals surface area contributed by atoms with Crippen molar-refractivity contribution >= 4 is 51.4 Å². The van der Waals surface area contributed by atoms with Gasteiger partial charge in [-0.15, -0.1) is 11.3 Å². The molecule has 0 radical (unpaired) electrons. The molecule has 0 spiro atoms. The average Bonchev–Trinajstić information content (AvgIpc) is 3.31. The lowest BCUT2D eigenvalue weighted by Crippen LogP contribution is -2.19. The summed E-state index contributed by atoms with van der Waals surface area (Å²) in [4.78, 5) is 29.1. The summed E-state index contributed by atoms with van der Waals surface area (Å²) < 4.78 is 17.8. The molecule has 3 aromatic carbocycles. The van der Waals surface area contributed by atoms with Gasteiger partial charge >= 0.3 is 5.97 Å². The number of hydrogen-bond donors (Lipinski definition) is 1. The van der Waals surface area contributed by atoms with Crippen LogP contribution in [0.15, 0.2) is 76.2 Å². The highest BCUT2D eigenvalue weighted by molar-refractivity contribution is 8.01. The molecule has 0 fully saturated rings. The molecule has 0 atom stereocenters. The van der Waals surface area contributed by atoms with Crippen LogP contribution < -0.4 is 19.6 Å². The van der Waals surface area contributed by atoms with Crippen molar-refractivity contribution in [3.63, 3.8) is 0 Å². The summed E-state index contributed by atoms with van der Waals surface area (Å²) >= 11 is 2.91. The Morgan fingerprint density at radius 1 is 1.03 bits per heavy atom. The highest BCUT2D eigenvalue weighted by Gasteiger charge is 2.13. The van der Waals surface area contributed by atoms with Gasteiger partial charge in [0.05, 0.1) is 42.0 Å². The normalized spacial score (nSPS) is 10.9. The molecule has 0 saturated heterocycles. The SMILES string of the molecule is COc1ccc(C(=O)Oc2ccc(/C=N\NC(=O)CSc3nc4ccccc4s3)cc2OC)cc1. The number of amides is 1. The van der Waals surface area contributed by atoms with Crippen molar-refractivity contribution in [1.82, 2.24) is 10.4 Å². The van der Waals surface area contributed by atoms with Crippen molar-refractivity contribution in [2.75, 3.05) is 20.0 Å². The number of nitrogens with zero attached hydrogens (tertiary/aromatic N) is 2. The first-order valence-corrected chi connectivity index (χ1v) is 12.2. The predicted octanol–water partition coefficient (Wildman–Crippen LogP) is 4.78. The Kier molecular flexibility index (Phi) is 7.96. The number of rotatable bonds is 9. The van der Waals surface area contributed by atoms with E-state index in [0.29, 0.717) is 22.6 Å². The van der Waals surface area contributed by atoms with Crippen molar-refractivity contribution in [2.45, 2.75) is 4.34 Å². The van der Waals surface area contributed by atoms with Crippen LogP contribution in [0.5, 0.6) is 17.2 Å². The van der Waals surface area contributed by atoms with Crippen molar-refractivity contribution in [3.05, 3.63) is 77.9 Å². The first-order chi connectivity index (χ1) is 17.1. The second kappa shape index (κ2) is 11.5. The number of methoxy groups -OCH3 is 2. The van der Waals surface area contributed by atoms with E-state index in [0.717, 1.165) is 14.6 Å². The molecule has 0 bridgehead atoms. The highest BCUT2D eigenvalue weighted by atomic mass is 32.2. The largest absolute Gasteiger partial charge is 0.497 e. The Morgan fingerprint density at radius 2 is 1.83 bits per heavy atom. The number of aromatic nitrogens is 1. The van der Waals surface area contributed by atoms with Gasteiger partial charge in [-0.25, -0.2) is 15.2 Å². The zero-order chi connectivity index (χ0) is 24.6. The maximum Gasteiger partial charge on any atom is 0.343 e. The van der Waals surface area contributed by atoms with Gasteiger partial charge in [-0.1, -0.05) is 23.9 Å². The third kappa shape index (κ3) is 6.37. The van der Waals surface area contributed by atoms with Crippen molar-refractivity contribution < 1.29 is 23.8 Å². The molecule has 0 aliphatic heterocycles. The minimum atomic E-state index is -0.523. The number of benzene rings is 3. The number of fused-ring (bicyclic) bond motifs is 1. The van der Waals surface area contributed by atoms with Gasteiger partial charge in [0.25, 0.3) is 5.91 Å². The second-order valence-electron chi connectivity index (χ2n) is 7.06. The van der Waals surface area contributed by atoms with Crippen molar-refractivity contribution in [3.8, 4) is 17.2 Å². The minimum absolute atomic E-state index is 0.195. The first kappa shape index (κ1) is 24.2. The number of nitrogens with one attached hydrogen (secondary N) is 1. The van der Waals surface area contributed by atoms with E-state index in [1.165, 1.54) is 25.1 Å². The average molecular weight is 508 g/mol. The van der Waals surface area contributed by atoms with Crippen LogP contribution in [0, 0.1) is 0 Å². The molecule has 35 heavy (non-hydrogen) atoms. The van der Waals surface area contributed by atoms with Gasteiger partial charge in [-0.3, -0.25) is 4.79 Å². The molecule has 0 aliphatic rings. The summed E-state index contributed by atoms with van der Waals surface area (Å²) in [7, 11) is 3.03. The Balaban J connectivity index is 1.31. The van der Waals surface area contributed by atoms with Gasteiger partial charge in [-0.2, -0.15) is 5.10 Å². The summed E-state index contributed by atoms with van der Waals surface area (Å²) in [6, 6.07) is 19.4. The van der Waals surface area contributed by atoms with Gasteiger partial charge in [0.1, 0.15) is 5.75 Å². The van der Waals surface area contributed by atoms with Gasteiger partial charge in [0, 0.05) is 0 Å². The molecule has 1 heterocycles. The first-order valence-electron chi connectivity index (χ1n) is 10.4. The van der Waals surface area contributed by atoms with Gasteiger partial charge < -0.3 is 14.2 Å². The number of hydrazone groups is 1. The third-order valence-corrected chi connectivity index (χ3v) is 6.90. The van der Waals surface area contributed by atoms with E-state index >= 15 is 0 Å². The Hall–Kier alpha value is -3.89. The molecule has 10 heteroatoms. The molecule has 1 aromatic heterocycles. The zero-order valence-corrected chi connectivity index (χ0v) is 20.5. The van der Waals surface area contributed by atoms with Crippen LogP contribution >= 0.6 is 23.1 Å². The molecule has 0 saturated carbocycles. The van der Waals surface area contributed by atoms with Crippen LogP contribution in [0.1, 0.15) is 15.9 Å². The number of para-hydroxylation sites is 1. The maximum atomic E-state index is 12.4. The molecule has 4 rings (SSSR count). The number of carbonyl (C=O) groups is 2. The zero-order valence-electron chi connectivity index (χ0n) is 18.9. The Labute approximate surface area is 209 Å². The molecular formula is C25H21N3O5S2. The Bertz CT molecular complexity index is 1340. The number of carbonyl (C=O) groups excluding carboxylic acids is 2. The third-order valence-electron chi connectivity index (χ3n) is 4.72. The van der Waals surface area contributed by atoms with E-state index in [-0.39, 0.29) is 17.4 Å². The fourth-order valence-electron chi connectivity index (χ4n) is 2.99. The van der Waals surface area contributed by atoms with Crippen LogP contribution in [0.25, 0.3) is 10.2 Å². The lowest BCUT2D eigenvalue weighted by atomic mass is 10.2. The number of thiazole rings is 1. The fourth-order valence-corrected chi connectivity index (χ4v) is 4.85. The lowest BCUT2D eigenvalue weighted by Gasteiger charge is -2.10. The van der Waals surface area contributed by atoms with E-state index in [1.54, 1.807) is 60.9 Å². The number of esters is 1. The smallest absolute Gasteiger partial charge is 0.343 e. The predicted molar refractivity (Wildman–Crippen MR) is 137 cm³/mol. The van der Waals surface area contributed by atoms with Gasteiger partial charge in [0.2, 0.25) is 0 Å². The van der Waals surface area contributed by atoms with E-state index in [9.17, 15) is 9.59 Å². The molecule has 178 valence electrons. The van der Waals surface area contributed by atoms with Crippen LogP contribution in [0.4, 0.5) is 0 Å². The summed E-state index contributed by atoms with van der Waals surface area (Å²) in [5.41, 5.74) is 4.46. The van der Waals surface area contributed by atoms with Crippen LogP contribution in [0.3, 0.4) is 0 Å². The number of ether oxygens (including phenoxy) is 3. The van der Waals surface area contributed by atoms with Crippen molar-refractivity contribution in [2.24, 2.45) is 5.10 Å². The molecule has 4 aromatic rings. The van der Waals surface area contributed by atoms with Crippen molar-refractivity contribution in [1.29, 1.82) is 0 Å². The maximum absolute atomic E-state index is 12.4. The highest BCUT2D eigenvalue weighted by Crippen LogP contribution is 2.30. The van der Waals surface area contributed by atoms with Gasteiger partial charge in [-0.05, 0) is 60.2 Å². The van der Waals surface area contributed by atoms with Crippen LogP contribution in [-0.2, 0) is 4.79 Å². The minimum Gasteiger partial charge on any atom is -0.497 e. The fraction of sp³-hybridized carbons (Fsp3) is 0.120. The molecule has 0 unspecified atom stereocenters. The second-order valence-corrected chi connectivity index (χ2v) is 9.31. The van der Waals surface area contributed by atoms with E-state index in [4.69, 9.17) is 14.2 Å². The van der Waals surface area contributed by atoms with E-state index < -0.39 is 5.97 Å². The summed E-state index contributed by atoms with van der Waals surface area (Å²) in [6.45, 7) is 0. The molecule has 1 N–H and O–H groups in total. The van der Waals surface area contributed by atoms with Gasteiger partial charge in [0.15, 0.2) is 15.8 Å². The monoisotopic (exact) mass is 507 g/mol. The molecule has 1 amide bonds. The topological polar surface area (TPSA) is 99.1 Å². The molecular weight excluding hydrogens is 486 g/mol.